The first-order chi connectivity index (χ1) is 7.40. The van der Waals surface area contributed by atoms with E-state index in [1.165, 1.54) is 25.7 Å². The lowest BCUT2D eigenvalue weighted by Gasteiger charge is -2.08. The van der Waals surface area contributed by atoms with Crippen molar-refractivity contribution in [3.8, 4) is 0 Å². The zero-order valence-corrected chi connectivity index (χ0v) is 9.28. The topological polar surface area (TPSA) is 39.1 Å². The van der Waals surface area contributed by atoms with Crippen molar-refractivity contribution in [2.24, 2.45) is 0 Å². The van der Waals surface area contributed by atoms with Crippen LogP contribution in [0.3, 0.4) is 0 Å². The van der Waals surface area contributed by atoms with Gasteiger partial charge >= 0.3 is 0 Å². The van der Waals surface area contributed by atoms with E-state index in [1.807, 2.05) is 6.92 Å². The number of nitrogens with zero attached hydrogens (tertiary/aromatic N) is 2. The van der Waals surface area contributed by atoms with Crippen LogP contribution in [0, 0.1) is 0 Å². The molecule has 0 aliphatic heterocycles. The SMILES string of the molecule is CCONCc1ccn(C2CCCC2)n1. The minimum absolute atomic E-state index is 0.630. The maximum absolute atomic E-state index is 5.07. The minimum Gasteiger partial charge on any atom is -0.302 e. The van der Waals surface area contributed by atoms with Gasteiger partial charge in [0.25, 0.3) is 0 Å². The summed E-state index contributed by atoms with van der Waals surface area (Å²) in [6.07, 6.45) is 7.33. The summed E-state index contributed by atoms with van der Waals surface area (Å²) in [5.74, 6) is 0. The van der Waals surface area contributed by atoms with Gasteiger partial charge in [-0.1, -0.05) is 12.8 Å². The Labute approximate surface area is 90.6 Å². The van der Waals surface area contributed by atoms with Crippen LogP contribution in [-0.2, 0) is 11.4 Å². The van der Waals surface area contributed by atoms with Gasteiger partial charge in [-0.25, -0.2) is 0 Å². The van der Waals surface area contributed by atoms with E-state index >= 15 is 0 Å². The summed E-state index contributed by atoms with van der Waals surface area (Å²) in [5.41, 5.74) is 3.93. The average Bonchev–Trinajstić information content (AvgIpc) is 2.87. The molecule has 2 rings (SSSR count). The third-order valence-electron chi connectivity index (χ3n) is 2.86. The summed E-state index contributed by atoms with van der Waals surface area (Å²) < 4.78 is 2.11. The molecular formula is C11H19N3O. The van der Waals surface area contributed by atoms with Crippen molar-refractivity contribution in [3.63, 3.8) is 0 Å². The van der Waals surface area contributed by atoms with Gasteiger partial charge in [-0.05, 0) is 25.8 Å². The summed E-state index contributed by atoms with van der Waals surface area (Å²) in [6.45, 7) is 3.33. The average molecular weight is 209 g/mol. The first-order valence-electron chi connectivity index (χ1n) is 5.79. The molecule has 1 aliphatic rings. The molecule has 1 N–H and O–H groups in total. The van der Waals surface area contributed by atoms with Crippen LogP contribution in [0.25, 0.3) is 0 Å². The Hall–Kier alpha value is -0.870. The maximum Gasteiger partial charge on any atom is 0.0786 e. The van der Waals surface area contributed by atoms with E-state index in [2.05, 4.69) is 27.5 Å². The highest BCUT2D eigenvalue weighted by Gasteiger charge is 2.17. The molecule has 0 radical (unpaired) electrons. The quantitative estimate of drug-likeness (QED) is 0.596. The Morgan fingerprint density at radius 1 is 1.53 bits per heavy atom. The normalized spacial score (nSPS) is 17.4. The number of hydroxylamine groups is 1. The van der Waals surface area contributed by atoms with E-state index in [0.717, 1.165) is 5.69 Å². The molecule has 1 saturated carbocycles. The molecule has 15 heavy (non-hydrogen) atoms. The van der Waals surface area contributed by atoms with Crippen molar-refractivity contribution in [1.29, 1.82) is 0 Å². The molecule has 1 aromatic rings. The zero-order chi connectivity index (χ0) is 10.5. The summed E-state index contributed by atoms with van der Waals surface area (Å²) in [5, 5.41) is 4.54. The largest absolute Gasteiger partial charge is 0.302 e. The molecule has 4 nitrogen and oxygen atoms in total. The minimum atomic E-state index is 0.630. The Morgan fingerprint density at radius 3 is 3.07 bits per heavy atom. The van der Waals surface area contributed by atoms with Crippen LogP contribution < -0.4 is 5.48 Å². The molecule has 1 heterocycles. The van der Waals surface area contributed by atoms with Gasteiger partial charge in [-0.15, -0.1) is 0 Å². The fourth-order valence-corrected chi connectivity index (χ4v) is 2.07. The molecule has 1 aliphatic carbocycles. The maximum atomic E-state index is 5.07. The second kappa shape index (κ2) is 5.28. The summed E-state index contributed by atoms with van der Waals surface area (Å²) in [7, 11) is 0. The number of nitrogens with one attached hydrogen (secondary N) is 1. The molecule has 0 atom stereocenters. The third-order valence-corrected chi connectivity index (χ3v) is 2.86. The van der Waals surface area contributed by atoms with Crippen LogP contribution in [0.4, 0.5) is 0 Å². The smallest absolute Gasteiger partial charge is 0.0786 e. The van der Waals surface area contributed by atoms with Crippen LogP contribution in [0.1, 0.15) is 44.3 Å². The zero-order valence-electron chi connectivity index (χ0n) is 9.28. The Balaban J connectivity index is 1.86. The first-order valence-corrected chi connectivity index (χ1v) is 5.79. The van der Waals surface area contributed by atoms with Crippen molar-refractivity contribution >= 4 is 0 Å². The lowest BCUT2D eigenvalue weighted by molar-refractivity contribution is 0.0455. The van der Waals surface area contributed by atoms with Gasteiger partial charge in [0.1, 0.15) is 0 Å². The molecule has 4 heteroatoms. The Bertz CT molecular complexity index is 292. The molecular weight excluding hydrogens is 190 g/mol. The fourth-order valence-electron chi connectivity index (χ4n) is 2.07. The third kappa shape index (κ3) is 2.79. The van der Waals surface area contributed by atoms with Crippen molar-refractivity contribution in [3.05, 3.63) is 18.0 Å². The number of rotatable bonds is 5. The van der Waals surface area contributed by atoms with E-state index in [4.69, 9.17) is 4.84 Å². The summed E-state index contributed by atoms with van der Waals surface area (Å²) >= 11 is 0. The van der Waals surface area contributed by atoms with Crippen LogP contribution in [0.2, 0.25) is 0 Å². The second-order valence-corrected chi connectivity index (χ2v) is 3.98. The van der Waals surface area contributed by atoms with E-state index in [9.17, 15) is 0 Å². The van der Waals surface area contributed by atoms with Crippen LogP contribution in [0.5, 0.6) is 0 Å². The number of aromatic nitrogens is 2. The second-order valence-electron chi connectivity index (χ2n) is 3.98. The molecule has 0 amide bonds. The van der Waals surface area contributed by atoms with Crippen LogP contribution in [0.15, 0.2) is 12.3 Å². The molecule has 0 bridgehead atoms. The molecule has 1 aromatic heterocycles. The van der Waals surface area contributed by atoms with Gasteiger partial charge in [0.05, 0.1) is 24.9 Å². The highest BCUT2D eigenvalue weighted by atomic mass is 16.6. The summed E-state index contributed by atoms with van der Waals surface area (Å²) in [4.78, 5) is 5.07. The number of hydrogen-bond donors (Lipinski definition) is 1. The predicted molar refractivity (Wildman–Crippen MR) is 58.2 cm³/mol. The standard InChI is InChI=1S/C11H19N3O/c1-2-15-12-9-10-7-8-14(13-10)11-5-3-4-6-11/h7-8,11-12H,2-6,9H2,1H3. The van der Waals surface area contributed by atoms with E-state index in [1.54, 1.807) is 0 Å². The van der Waals surface area contributed by atoms with Crippen molar-refractivity contribution in [1.82, 2.24) is 15.3 Å². The lowest BCUT2D eigenvalue weighted by atomic mass is 10.3. The lowest BCUT2D eigenvalue weighted by Crippen LogP contribution is -2.14. The van der Waals surface area contributed by atoms with Gasteiger partial charge in [-0.2, -0.15) is 10.6 Å². The molecule has 0 spiro atoms. The highest BCUT2D eigenvalue weighted by molar-refractivity contribution is 4.99. The van der Waals surface area contributed by atoms with Gasteiger partial charge < -0.3 is 4.84 Å². The van der Waals surface area contributed by atoms with Crippen molar-refractivity contribution in [2.75, 3.05) is 6.61 Å². The first kappa shape index (κ1) is 10.6. The van der Waals surface area contributed by atoms with Gasteiger partial charge in [0.2, 0.25) is 0 Å². The molecule has 0 aromatic carbocycles. The van der Waals surface area contributed by atoms with E-state index in [0.29, 0.717) is 19.2 Å². The van der Waals surface area contributed by atoms with Crippen molar-refractivity contribution < 1.29 is 4.84 Å². The van der Waals surface area contributed by atoms with Gasteiger partial charge in [0.15, 0.2) is 0 Å². The summed E-state index contributed by atoms with van der Waals surface area (Å²) in [6, 6.07) is 2.69. The predicted octanol–water partition coefficient (Wildman–Crippen LogP) is 2.04. The van der Waals surface area contributed by atoms with Gasteiger partial charge in [0, 0.05) is 6.20 Å². The molecule has 0 saturated heterocycles. The Kier molecular flexibility index (Phi) is 3.75. The Morgan fingerprint density at radius 2 is 2.33 bits per heavy atom. The molecule has 0 unspecified atom stereocenters. The highest BCUT2D eigenvalue weighted by Crippen LogP contribution is 2.28. The van der Waals surface area contributed by atoms with Crippen molar-refractivity contribution in [2.45, 2.75) is 45.2 Å². The van der Waals surface area contributed by atoms with Gasteiger partial charge in [-0.3, -0.25) is 4.68 Å². The van der Waals surface area contributed by atoms with Crippen LogP contribution in [-0.4, -0.2) is 16.4 Å². The molecule has 84 valence electrons. The van der Waals surface area contributed by atoms with Crippen LogP contribution >= 0.6 is 0 Å². The monoisotopic (exact) mass is 209 g/mol. The van der Waals surface area contributed by atoms with E-state index < -0.39 is 0 Å². The van der Waals surface area contributed by atoms with E-state index in [-0.39, 0.29) is 0 Å². The molecule has 1 fully saturated rings. The fraction of sp³-hybridized carbons (Fsp3) is 0.727. The number of hydrogen-bond acceptors (Lipinski definition) is 3.